The molecule has 1 saturated heterocycles. The topological polar surface area (TPSA) is 62.3 Å². The summed E-state index contributed by atoms with van der Waals surface area (Å²) in [6, 6.07) is 6.61. The summed E-state index contributed by atoms with van der Waals surface area (Å²) >= 11 is 1.47. The maximum atomic E-state index is 13.6. The number of carbonyl (C=O) groups is 2. The van der Waals surface area contributed by atoms with Crippen LogP contribution in [0, 0.1) is 18.7 Å². The molecule has 1 fully saturated rings. The van der Waals surface area contributed by atoms with Gasteiger partial charge in [-0.25, -0.2) is 9.37 Å². The largest absolute Gasteiger partial charge is 0.356 e. The van der Waals surface area contributed by atoms with Gasteiger partial charge in [0.05, 0.1) is 10.7 Å². The lowest BCUT2D eigenvalue weighted by Crippen LogP contribution is -2.43. The molecule has 1 aromatic heterocycles. The number of aryl methyl sites for hydroxylation is 2. The van der Waals surface area contributed by atoms with Gasteiger partial charge in [0.1, 0.15) is 10.7 Å². The van der Waals surface area contributed by atoms with Crippen molar-refractivity contribution in [3.63, 3.8) is 0 Å². The average Bonchev–Trinajstić information content (AvgIpc) is 3.09. The molecule has 1 aliphatic rings. The first-order valence-electron chi connectivity index (χ1n) is 9.76. The molecular formula is C21H26FN3O2S. The molecule has 0 aliphatic carbocycles. The predicted octanol–water partition coefficient (Wildman–Crippen LogP) is 3.36. The summed E-state index contributed by atoms with van der Waals surface area (Å²) < 4.78 is 13.6. The van der Waals surface area contributed by atoms with Crippen LogP contribution in [0.5, 0.6) is 0 Å². The highest BCUT2D eigenvalue weighted by Gasteiger charge is 2.29. The van der Waals surface area contributed by atoms with E-state index < -0.39 is 0 Å². The van der Waals surface area contributed by atoms with Gasteiger partial charge in [0, 0.05) is 25.6 Å². The monoisotopic (exact) mass is 403 g/mol. The van der Waals surface area contributed by atoms with Gasteiger partial charge in [0.2, 0.25) is 5.91 Å². The summed E-state index contributed by atoms with van der Waals surface area (Å²) in [5.41, 5.74) is 1.40. The predicted molar refractivity (Wildman–Crippen MR) is 108 cm³/mol. The molecule has 0 unspecified atom stereocenters. The van der Waals surface area contributed by atoms with Gasteiger partial charge >= 0.3 is 0 Å². The van der Waals surface area contributed by atoms with E-state index in [1.807, 2.05) is 18.7 Å². The van der Waals surface area contributed by atoms with Crippen LogP contribution in [0.3, 0.4) is 0 Å². The highest BCUT2D eigenvalue weighted by molar-refractivity contribution is 7.13. The molecule has 2 aromatic rings. The van der Waals surface area contributed by atoms with Crippen LogP contribution in [0.2, 0.25) is 0 Å². The van der Waals surface area contributed by atoms with Crippen molar-refractivity contribution in [2.45, 2.75) is 39.5 Å². The molecule has 1 N–H and O–H groups in total. The molecule has 150 valence electrons. The summed E-state index contributed by atoms with van der Waals surface area (Å²) in [4.78, 5) is 32.1. The molecule has 0 bridgehead atoms. The van der Waals surface area contributed by atoms with Gasteiger partial charge in [-0.1, -0.05) is 25.1 Å². The number of hydrogen-bond acceptors (Lipinski definition) is 4. The fourth-order valence-corrected chi connectivity index (χ4v) is 4.43. The molecule has 3 rings (SSSR count). The first-order chi connectivity index (χ1) is 13.5. The zero-order valence-corrected chi connectivity index (χ0v) is 17.2. The minimum Gasteiger partial charge on any atom is -0.356 e. The van der Waals surface area contributed by atoms with E-state index in [9.17, 15) is 14.0 Å². The van der Waals surface area contributed by atoms with Crippen LogP contribution in [0.4, 0.5) is 4.39 Å². The van der Waals surface area contributed by atoms with Crippen molar-refractivity contribution in [2.24, 2.45) is 5.92 Å². The number of rotatable bonds is 6. The van der Waals surface area contributed by atoms with Crippen molar-refractivity contribution in [1.29, 1.82) is 0 Å². The number of benzene rings is 1. The first-order valence-corrected chi connectivity index (χ1v) is 10.6. The van der Waals surface area contributed by atoms with Crippen LogP contribution in [0.15, 0.2) is 24.3 Å². The lowest BCUT2D eigenvalue weighted by atomic mass is 9.95. The van der Waals surface area contributed by atoms with Gasteiger partial charge in [-0.3, -0.25) is 9.59 Å². The number of likely N-dealkylation sites (tertiary alicyclic amines) is 1. The molecule has 28 heavy (non-hydrogen) atoms. The molecule has 2 amide bonds. The molecule has 1 aromatic carbocycles. The Bertz CT molecular complexity index is 844. The minimum absolute atomic E-state index is 0.00863. The van der Waals surface area contributed by atoms with E-state index >= 15 is 0 Å². The SMILES string of the molecule is CCc1nc(C)c(C(=O)N2CCC(C(=O)NCCc3ccccc3F)CC2)s1. The van der Waals surface area contributed by atoms with Crippen LogP contribution >= 0.6 is 11.3 Å². The highest BCUT2D eigenvalue weighted by atomic mass is 32.1. The van der Waals surface area contributed by atoms with Crippen molar-refractivity contribution < 1.29 is 14.0 Å². The average molecular weight is 404 g/mol. The number of thiazole rings is 1. The lowest BCUT2D eigenvalue weighted by Gasteiger charge is -2.31. The van der Waals surface area contributed by atoms with Crippen molar-refractivity contribution >= 4 is 23.2 Å². The minimum atomic E-state index is -0.242. The van der Waals surface area contributed by atoms with Crippen LogP contribution in [-0.2, 0) is 17.6 Å². The number of carbonyl (C=O) groups excluding carboxylic acids is 2. The number of amides is 2. The maximum Gasteiger partial charge on any atom is 0.265 e. The molecule has 0 saturated carbocycles. The Morgan fingerprint density at radius 3 is 2.64 bits per heavy atom. The number of nitrogens with one attached hydrogen (secondary N) is 1. The zero-order chi connectivity index (χ0) is 20.1. The third-order valence-corrected chi connectivity index (χ3v) is 6.43. The molecule has 7 heteroatoms. The molecular weight excluding hydrogens is 377 g/mol. The number of nitrogens with zero attached hydrogens (tertiary/aromatic N) is 2. The molecule has 0 radical (unpaired) electrons. The molecule has 2 heterocycles. The van der Waals surface area contributed by atoms with E-state index in [0.29, 0.717) is 49.3 Å². The fourth-order valence-electron chi connectivity index (χ4n) is 3.46. The third kappa shape index (κ3) is 4.76. The van der Waals surface area contributed by atoms with Crippen molar-refractivity contribution in [3.05, 3.63) is 51.2 Å². The summed E-state index contributed by atoms with van der Waals surface area (Å²) in [6.45, 7) is 5.46. The summed E-state index contributed by atoms with van der Waals surface area (Å²) in [7, 11) is 0. The number of hydrogen-bond donors (Lipinski definition) is 1. The van der Waals surface area contributed by atoms with E-state index in [1.54, 1.807) is 18.2 Å². The van der Waals surface area contributed by atoms with E-state index in [-0.39, 0.29) is 23.5 Å². The number of piperidine rings is 1. The van der Waals surface area contributed by atoms with E-state index in [2.05, 4.69) is 10.3 Å². The fraction of sp³-hybridized carbons (Fsp3) is 0.476. The van der Waals surface area contributed by atoms with Gasteiger partial charge in [-0.2, -0.15) is 0 Å². The van der Waals surface area contributed by atoms with Crippen LogP contribution < -0.4 is 5.32 Å². The summed E-state index contributed by atoms with van der Waals surface area (Å²) in [5, 5.41) is 3.88. The van der Waals surface area contributed by atoms with Gasteiger partial charge in [0.25, 0.3) is 5.91 Å². The molecule has 0 spiro atoms. The molecule has 1 aliphatic heterocycles. The Hall–Kier alpha value is -2.28. The maximum absolute atomic E-state index is 13.6. The quantitative estimate of drug-likeness (QED) is 0.804. The Kier molecular flexibility index (Phi) is 6.78. The highest BCUT2D eigenvalue weighted by Crippen LogP contribution is 2.24. The second kappa shape index (κ2) is 9.28. The van der Waals surface area contributed by atoms with Gasteiger partial charge in [-0.05, 0) is 44.2 Å². The Labute approximate surface area is 169 Å². The van der Waals surface area contributed by atoms with Crippen LogP contribution in [0.1, 0.15) is 45.7 Å². The van der Waals surface area contributed by atoms with Gasteiger partial charge in [-0.15, -0.1) is 11.3 Å². The van der Waals surface area contributed by atoms with Crippen LogP contribution in [0.25, 0.3) is 0 Å². The van der Waals surface area contributed by atoms with Gasteiger partial charge < -0.3 is 10.2 Å². The van der Waals surface area contributed by atoms with Crippen molar-refractivity contribution in [2.75, 3.05) is 19.6 Å². The normalized spacial score (nSPS) is 14.9. The second-order valence-corrected chi connectivity index (χ2v) is 8.16. The van der Waals surface area contributed by atoms with Crippen LogP contribution in [-0.4, -0.2) is 41.3 Å². The van der Waals surface area contributed by atoms with Crippen molar-refractivity contribution in [3.8, 4) is 0 Å². The van der Waals surface area contributed by atoms with Gasteiger partial charge in [0.15, 0.2) is 0 Å². The van der Waals surface area contributed by atoms with E-state index in [1.165, 1.54) is 17.4 Å². The Morgan fingerprint density at radius 1 is 1.29 bits per heavy atom. The molecule has 5 nitrogen and oxygen atoms in total. The zero-order valence-electron chi connectivity index (χ0n) is 16.3. The number of aromatic nitrogens is 1. The van der Waals surface area contributed by atoms with Crippen molar-refractivity contribution in [1.82, 2.24) is 15.2 Å². The third-order valence-electron chi connectivity index (χ3n) is 5.14. The smallest absolute Gasteiger partial charge is 0.265 e. The summed E-state index contributed by atoms with van der Waals surface area (Å²) in [6.07, 6.45) is 2.60. The summed E-state index contributed by atoms with van der Waals surface area (Å²) in [5.74, 6) is -0.328. The Morgan fingerprint density at radius 2 is 2.00 bits per heavy atom. The standard InChI is InChI=1S/C21H26FN3O2S/c1-3-18-24-14(2)19(28-18)21(27)25-12-9-16(10-13-25)20(26)23-11-8-15-6-4-5-7-17(15)22/h4-7,16H,3,8-13H2,1-2H3,(H,23,26). The first kappa shape index (κ1) is 20.5. The molecule has 0 atom stereocenters. The Balaban J connectivity index is 1.46. The number of halogens is 1. The van der Waals surface area contributed by atoms with E-state index in [0.717, 1.165) is 17.1 Å². The second-order valence-electron chi connectivity index (χ2n) is 7.07. The lowest BCUT2D eigenvalue weighted by molar-refractivity contribution is -0.126. The van der Waals surface area contributed by atoms with E-state index in [4.69, 9.17) is 0 Å².